The fraction of sp³-hybridized carbons (Fsp3) is 0.121. The van der Waals surface area contributed by atoms with Crippen molar-refractivity contribution in [2.24, 2.45) is 0 Å². The summed E-state index contributed by atoms with van der Waals surface area (Å²) in [7, 11) is 1.66. The Morgan fingerprint density at radius 1 is 0.905 bits per heavy atom. The summed E-state index contributed by atoms with van der Waals surface area (Å²) >= 11 is 5.91. The van der Waals surface area contributed by atoms with Crippen molar-refractivity contribution >= 4 is 34.6 Å². The molecule has 0 unspecified atom stereocenters. The van der Waals surface area contributed by atoms with Crippen LogP contribution < -0.4 is 25.0 Å². The number of hydrogen-bond donors (Lipinski definition) is 2. The number of ether oxygens (including phenoxy) is 2. The molecule has 1 amide bonds. The molecule has 8 nitrogen and oxygen atoms in total. The Morgan fingerprint density at radius 3 is 2.45 bits per heavy atom. The lowest BCUT2D eigenvalue weighted by atomic mass is 10.0. The molecule has 0 aliphatic carbocycles. The van der Waals surface area contributed by atoms with Crippen molar-refractivity contribution in [1.29, 1.82) is 0 Å². The zero-order chi connectivity index (χ0) is 28.9. The first kappa shape index (κ1) is 27.0. The smallest absolute Gasteiger partial charge is 0.262 e. The fourth-order valence-electron chi connectivity index (χ4n) is 5.13. The number of aromatic nitrogens is 2. The van der Waals surface area contributed by atoms with Gasteiger partial charge in [0.2, 0.25) is 0 Å². The predicted octanol–water partition coefficient (Wildman–Crippen LogP) is 6.08. The summed E-state index contributed by atoms with van der Waals surface area (Å²) in [6.07, 6.45) is 3.83. The van der Waals surface area contributed by atoms with Gasteiger partial charge in [0.1, 0.15) is 17.5 Å². The van der Waals surface area contributed by atoms with E-state index >= 15 is 0 Å². The number of hydrogen-bond acceptors (Lipinski definition) is 5. The van der Waals surface area contributed by atoms with E-state index in [0.717, 1.165) is 28.5 Å². The molecule has 0 spiro atoms. The van der Waals surface area contributed by atoms with Gasteiger partial charge in [0.15, 0.2) is 11.7 Å². The van der Waals surface area contributed by atoms with Gasteiger partial charge < -0.3 is 29.6 Å². The largest absolute Gasteiger partial charge is 0.497 e. The molecule has 6 rings (SSSR count). The van der Waals surface area contributed by atoms with Gasteiger partial charge in [0.05, 0.1) is 18.8 Å². The molecule has 5 aromatic rings. The van der Waals surface area contributed by atoms with Crippen molar-refractivity contribution in [2.45, 2.75) is 12.1 Å². The number of methoxy groups -OCH3 is 1. The molecule has 0 bridgehead atoms. The normalized spacial score (nSPS) is 16.1. The van der Waals surface area contributed by atoms with Gasteiger partial charge in [0, 0.05) is 41.2 Å². The fourth-order valence-corrected chi connectivity index (χ4v) is 5.48. The minimum absolute atomic E-state index is 0.0824. The van der Waals surface area contributed by atoms with Gasteiger partial charge in [0.25, 0.3) is 5.91 Å². The lowest BCUT2D eigenvalue weighted by molar-refractivity contribution is -0.118. The standard InChI is InChI=1S/C33H29N5O3S/c1-40-27-12-7-9-25(21-27)37-20-8-14-29(37)32-31(28-13-5-6-19-34-28)36-33(42)38(32)24-17-15-23(16-18-24)35-30(39)22-41-26-10-3-2-4-11-26/h2-21,31-32H,22H2,1H3,(H,35,39)(H,36,42)/t31-,32-/m0/s1. The van der Waals surface area contributed by atoms with E-state index in [4.69, 9.17) is 21.7 Å². The van der Waals surface area contributed by atoms with Crippen LogP contribution in [-0.2, 0) is 4.79 Å². The third-order valence-corrected chi connectivity index (χ3v) is 7.37. The average Bonchev–Trinajstić information content (AvgIpc) is 3.66. The maximum Gasteiger partial charge on any atom is 0.262 e. The number of anilines is 2. The van der Waals surface area contributed by atoms with E-state index in [9.17, 15) is 4.79 Å². The Bertz CT molecular complexity index is 1680. The highest BCUT2D eigenvalue weighted by Crippen LogP contribution is 2.42. The second-order valence-electron chi connectivity index (χ2n) is 9.70. The number of rotatable bonds is 9. The van der Waals surface area contributed by atoms with Crippen LogP contribution in [0, 0.1) is 0 Å². The molecule has 1 aliphatic rings. The molecule has 9 heteroatoms. The first-order chi connectivity index (χ1) is 20.6. The minimum atomic E-state index is -0.242. The summed E-state index contributed by atoms with van der Waals surface area (Å²) in [6.45, 7) is -0.0824. The molecule has 1 saturated heterocycles. The van der Waals surface area contributed by atoms with Crippen LogP contribution >= 0.6 is 12.2 Å². The van der Waals surface area contributed by atoms with Crippen molar-refractivity contribution in [3.05, 3.63) is 133 Å². The predicted molar refractivity (Wildman–Crippen MR) is 167 cm³/mol. The second kappa shape index (κ2) is 12.2. The number of carbonyl (C=O) groups excluding carboxylic acids is 1. The van der Waals surface area contributed by atoms with Crippen LogP contribution in [0.1, 0.15) is 23.5 Å². The molecule has 210 valence electrons. The number of benzene rings is 3. The third-order valence-electron chi connectivity index (χ3n) is 7.06. The highest BCUT2D eigenvalue weighted by atomic mass is 32.1. The molecule has 42 heavy (non-hydrogen) atoms. The van der Waals surface area contributed by atoms with Gasteiger partial charge in [-0.1, -0.05) is 30.3 Å². The molecule has 1 fully saturated rings. The van der Waals surface area contributed by atoms with E-state index in [2.05, 4.69) is 31.2 Å². The molecule has 0 saturated carbocycles. The molecule has 1 aliphatic heterocycles. The zero-order valence-electron chi connectivity index (χ0n) is 22.9. The summed E-state index contributed by atoms with van der Waals surface area (Å²) in [5.74, 6) is 1.18. The Hall–Kier alpha value is -5.15. The highest BCUT2D eigenvalue weighted by Gasteiger charge is 2.42. The third kappa shape index (κ3) is 5.68. The van der Waals surface area contributed by atoms with Crippen LogP contribution in [0.2, 0.25) is 0 Å². The summed E-state index contributed by atoms with van der Waals surface area (Å²) in [4.78, 5) is 19.3. The summed E-state index contributed by atoms with van der Waals surface area (Å²) < 4.78 is 13.2. The van der Waals surface area contributed by atoms with Crippen molar-refractivity contribution in [2.75, 3.05) is 23.9 Å². The van der Waals surface area contributed by atoms with Gasteiger partial charge in [-0.25, -0.2) is 0 Å². The number of pyridine rings is 1. The van der Waals surface area contributed by atoms with Crippen LogP contribution in [0.4, 0.5) is 11.4 Å². The Balaban J connectivity index is 1.29. The van der Waals surface area contributed by atoms with Gasteiger partial charge >= 0.3 is 0 Å². The van der Waals surface area contributed by atoms with Crippen molar-refractivity contribution in [3.8, 4) is 17.2 Å². The van der Waals surface area contributed by atoms with Crippen LogP contribution in [-0.4, -0.2) is 34.3 Å². The summed E-state index contributed by atoms with van der Waals surface area (Å²) in [6, 6.07) is 34.4. The van der Waals surface area contributed by atoms with Crippen LogP contribution in [0.25, 0.3) is 5.69 Å². The quantitative estimate of drug-likeness (QED) is 0.206. The van der Waals surface area contributed by atoms with Crippen molar-refractivity contribution < 1.29 is 14.3 Å². The lowest BCUT2D eigenvalue weighted by Crippen LogP contribution is -2.30. The molecule has 2 N–H and O–H groups in total. The number of nitrogens with zero attached hydrogens (tertiary/aromatic N) is 3. The number of amides is 1. The maximum atomic E-state index is 12.5. The Morgan fingerprint density at radius 2 is 1.69 bits per heavy atom. The average molecular weight is 576 g/mol. The van der Waals surface area contributed by atoms with E-state index in [1.165, 1.54) is 0 Å². The Kier molecular flexibility index (Phi) is 7.83. The van der Waals surface area contributed by atoms with E-state index in [1.807, 2.05) is 109 Å². The number of carbonyl (C=O) groups is 1. The van der Waals surface area contributed by atoms with Gasteiger partial charge in [-0.15, -0.1) is 0 Å². The van der Waals surface area contributed by atoms with Crippen LogP contribution in [0.15, 0.2) is 122 Å². The van der Waals surface area contributed by atoms with Gasteiger partial charge in [-0.3, -0.25) is 9.78 Å². The lowest BCUT2D eigenvalue weighted by Gasteiger charge is -2.29. The summed E-state index contributed by atoms with van der Waals surface area (Å²) in [5.41, 5.74) is 4.43. The van der Waals surface area contributed by atoms with Crippen LogP contribution in [0.5, 0.6) is 11.5 Å². The van der Waals surface area contributed by atoms with E-state index in [0.29, 0.717) is 16.5 Å². The highest BCUT2D eigenvalue weighted by molar-refractivity contribution is 7.80. The van der Waals surface area contributed by atoms with E-state index < -0.39 is 0 Å². The Labute approximate surface area is 249 Å². The monoisotopic (exact) mass is 575 g/mol. The zero-order valence-corrected chi connectivity index (χ0v) is 23.7. The minimum Gasteiger partial charge on any atom is -0.497 e. The van der Waals surface area contributed by atoms with Gasteiger partial charge in [-0.05, 0) is 85.0 Å². The molecular formula is C33H29N5O3S. The van der Waals surface area contributed by atoms with Crippen molar-refractivity contribution in [3.63, 3.8) is 0 Å². The molecule has 3 heterocycles. The molecular weight excluding hydrogens is 546 g/mol. The maximum absolute atomic E-state index is 12.5. The molecule has 2 aromatic heterocycles. The number of nitrogens with one attached hydrogen (secondary N) is 2. The van der Waals surface area contributed by atoms with Crippen LogP contribution in [0.3, 0.4) is 0 Å². The molecule has 2 atom stereocenters. The number of thiocarbonyl (C=S) groups is 1. The first-order valence-electron chi connectivity index (χ1n) is 13.5. The van der Waals surface area contributed by atoms with Gasteiger partial charge in [-0.2, -0.15) is 0 Å². The summed E-state index contributed by atoms with van der Waals surface area (Å²) in [5, 5.41) is 6.99. The second-order valence-corrected chi connectivity index (χ2v) is 10.1. The van der Waals surface area contributed by atoms with E-state index in [1.54, 1.807) is 13.3 Å². The van der Waals surface area contributed by atoms with Crippen molar-refractivity contribution in [1.82, 2.24) is 14.9 Å². The molecule has 0 radical (unpaired) electrons. The number of para-hydroxylation sites is 1. The topological polar surface area (TPSA) is 80.7 Å². The van der Waals surface area contributed by atoms with E-state index in [-0.39, 0.29) is 24.6 Å². The SMILES string of the molecule is COc1cccc(-n2cccc2[C@H]2[C@H](c3ccccn3)NC(=S)N2c2ccc(NC(=O)COc3ccccc3)cc2)c1. The first-order valence-corrected chi connectivity index (χ1v) is 13.9. The molecule has 3 aromatic carbocycles.